The number of ketones is 3. The Morgan fingerprint density at radius 2 is 1.26 bits per heavy atom. The van der Waals surface area contributed by atoms with Gasteiger partial charge in [0.25, 0.3) is 0 Å². The molecule has 4 aromatic rings. The van der Waals surface area contributed by atoms with E-state index in [0.29, 0.717) is 37.3 Å². The molecule has 4 aromatic carbocycles. The molecule has 2 saturated heterocycles. The van der Waals surface area contributed by atoms with E-state index in [1.54, 1.807) is 12.1 Å². The zero-order chi connectivity index (χ0) is 33.6. The van der Waals surface area contributed by atoms with Gasteiger partial charge in [0.1, 0.15) is 17.2 Å². The Kier molecular flexibility index (Phi) is 13.4. The average molecular weight is 632 g/mol. The van der Waals surface area contributed by atoms with Crippen LogP contribution in [-0.2, 0) is 19.8 Å². The highest BCUT2D eigenvalue weighted by molar-refractivity contribution is 6.48. The molecular weight excluding hydrogens is 585 g/mol. The predicted octanol–water partition coefficient (Wildman–Crippen LogP) is 7.87. The highest BCUT2D eigenvalue weighted by Gasteiger charge is 2.56. The van der Waals surface area contributed by atoms with Gasteiger partial charge in [-0.05, 0) is 63.2 Å². The fourth-order valence-electron chi connectivity index (χ4n) is 6.37. The minimum Gasteiger partial charge on any atom is -0.406 e. The van der Waals surface area contributed by atoms with Crippen LogP contribution in [0.5, 0.6) is 0 Å². The van der Waals surface area contributed by atoms with E-state index in [4.69, 9.17) is 4.65 Å². The minimum atomic E-state index is -0.509. The van der Waals surface area contributed by atoms with Gasteiger partial charge >= 0.3 is 7.05 Å². The van der Waals surface area contributed by atoms with Gasteiger partial charge < -0.3 is 24.2 Å². The van der Waals surface area contributed by atoms with Crippen LogP contribution in [0.1, 0.15) is 85.5 Å². The molecule has 0 spiro atoms. The highest BCUT2D eigenvalue weighted by Crippen LogP contribution is 2.48. The standard InChI is InChI=1S/C18H20BNO.C11H14O2.C11H12O2/c1-19-20-14-8-13-17(20)18(21-19,15-9-4-2-5-10-15)16-11-6-3-7-12-16;2*1-9(12)7-8-11(13)10-5-3-2-4-6-10/h2-7,9-12,17H,8,13-14H2,1H3;2-6,11,13H,7-8H2,1H3;2-6H,7-8H2,1H3/t;11-;/m.1./s1. The SMILES string of the molecule is CB1OC(c2ccccc2)(c2ccccc2)C2CCCN12.CC(=O)CCC(=O)c1ccccc1.CC(=O)CC[C@@H](O)c1ccccc1. The summed E-state index contributed by atoms with van der Waals surface area (Å²) in [5, 5.41) is 9.62. The molecule has 2 aliphatic heterocycles. The molecule has 0 amide bonds. The van der Waals surface area contributed by atoms with Crippen LogP contribution in [0.3, 0.4) is 0 Å². The van der Waals surface area contributed by atoms with Crippen LogP contribution in [0.25, 0.3) is 0 Å². The van der Waals surface area contributed by atoms with Gasteiger partial charge in [0.05, 0.1) is 6.10 Å². The monoisotopic (exact) mass is 631 g/mol. The number of carbonyl (C=O) groups excluding carboxylic acids is 3. The molecule has 2 heterocycles. The zero-order valence-electron chi connectivity index (χ0n) is 27.8. The van der Waals surface area contributed by atoms with Gasteiger partial charge in [-0.1, -0.05) is 121 Å². The van der Waals surface area contributed by atoms with Crippen LogP contribution in [0.4, 0.5) is 0 Å². The quantitative estimate of drug-likeness (QED) is 0.142. The third-order valence-electron chi connectivity index (χ3n) is 8.75. The number of hydrogen-bond donors (Lipinski definition) is 1. The van der Waals surface area contributed by atoms with E-state index in [2.05, 4.69) is 72.3 Å². The van der Waals surface area contributed by atoms with Crippen LogP contribution >= 0.6 is 0 Å². The first-order valence-electron chi connectivity index (χ1n) is 16.6. The molecule has 2 atom stereocenters. The van der Waals surface area contributed by atoms with E-state index in [1.165, 1.54) is 37.8 Å². The van der Waals surface area contributed by atoms with Crippen LogP contribution in [0.2, 0.25) is 6.82 Å². The number of rotatable bonds is 10. The van der Waals surface area contributed by atoms with Gasteiger partial charge in [-0.15, -0.1) is 0 Å². The molecule has 244 valence electrons. The first-order valence-corrected chi connectivity index (χ1v) is 16.6. The second-order valence-electron chi connectivity index (χ2n) is 12.2. The topological polar surface area (TPSA) is 83.9 Å². The van der Waals surface area contributed by atoms with Crippen molar-refractivity contribution in [3.05, 3.63) is 144 Å². The number of nitrogens with zero attached hydrogens (tertiary/aromatic N) is 1. The van der Waals surface area contributed by atoms with Crippen LogP contribution in [0.15, 0.2) is 121 Å². The van der Waals surface area contributed by atoms with Gasteiger partial charge in [-0.25, -0.2) is 0 Å². The largest absolute Gasteiger partial charge is 0.406 e. The van der Waals surface area contributed by atoms with Crippen molar-refractivity contribution < 1.29 is 24.1 Å². The second-order valence-corrected chi connectivity index (χ2v) is 12.2. The van der Waals surface area contributed by atoms with Gasteiger partial charge in [0.15, 0.2) is 5.78 Å². The fourth-order valence-corrected chi connectivity index (χ4v) is 6.37. The number of hydrogen-bond acceptors (Lipinski definition) is 6. The van der Waals surface area contributed by atoms with Crippen molar-refractivity contribution in [3.63, 3.8) is 0 Å². The number of Topliss-reactive ketones (excluding diaryl/α,β-unsaturated/α-hetero) is 3. The summed E-state index contributed by atoms with van der Waals surface area (Å²) in [4.78, 5) is 35.2. The summed E-state index contributed by atoms with van der Waals surface area (Å²) in [6.45, 7) is 6.37. The predicted molar refractivity (Wildman–Crippen MR) is 188 cm³/mol. The molecule has 2 fully saturated rings. The van der Waals surface area contributed by atoms with Crippen LogP contribution < -0.4 is 0 Å². The maximum Gasteiger partial charge on any atom is 0.380 e. The maximum absolute atomic E-state index is 11.4. The molecule has 0 saturated carbocycles. The molecular formula is C40H46BNO5. The second kappa shape index (κ2) is 17.7. The Hall–Kier alpha value is -4.17. The van der Waals surface area contributed by atoms with Crippen molar-refractivity contribution in [2.45, 2.75) is 76.9 Å². The smallest absolute Gasteiger partial charge is 0.380 e. The first-order chi connectivity index (χ1) is 22.7. The van der Waals surface area contributed by atoms with E-state index in [9.17, 15) is 19.5 Å². The number of aliphatic hydroxyl groups is 1. The summed E-state index contributed by atoms with van der Waals surface area (Å²) in [7, 11) is 0.179. The first kappa shape index (κ1) is 35.7. The van der Waals surface area contributed by atoms with Gasteiger partial charge in [-0.2, -0.15) is 0 Å². The van der Waals surface area contributed by atoms with Crippen molar-refractivity contribution in [1.29, 1.82) is 0 Å². The summed E-state index contributed by atoms with van der Waals surface area (Å²) in [6, 6.07) is 40.3. The highest BCUT2D eigenvalue weighted by atomic mass is 16.5. The number of benzene rings is 4. The normalized spacial score (nSPS) is 16.9. The lowest BCUT2D eigenvalue weighted by molar-refractivity contribution is -0.118. The lowest BCUT2D eigenvalue weighted by Crippen LogP contribution is -2.41. The van der Waals surface area contributed by atoms with Gasteiger partial charge in [0.2, 0.25) is 0 Å². The lowest BCUT2D eigenvalue weighted by atomic mass is 9.79. The van der Waals surface area contributed by atoms with Crippen molar-refractivity contribution in [1.82, 2.24) is 4.81 Å². The van der Waals surface area contributed by atoms with Gasteiger partial charge in [0, 0.05) is 30.9 Å². The zero-order valence-corrected chi connectivity index (χ0v) is 27.8. The molecule has 1 unspecified atom stereocenters. The molecule has 6 rings (SSSR count). The van der Waals surface area contributed by atoms with Crippen LogP contribution in [-0.4, -0.2) is 46.9 Å². The summed E-state index contributed by atoms with van der Waals surface area (Å²) < 4.78 is 6.61. The molecule has 0 aliphatic carbocycles. The van der Waals surface area contributed by atoms with Crippen molar-refractivity contribution in [2.24, 2.45) is 0 Å². The molecule has 1 N–H and O–H groups in total. The third-order valence-corrected chi connectivity index (χ3v) is 8.75. The van der Waals surface area contributed by atoms with E-state index in [0.717, 1.165) is 12.1 Å². The minimum absolute atomic E-state index is 0.0378. The molecule has 47 heavy (non-hydrogen) atoms. The Bertz CT molecular complexity index is 1510. The molecule has 0 radical (unpaired) electrons. The summed E-state index contributed by atoms with van der Waals surface area (Å²) in [6.07, 6.45) is 3.57. The van der Waals surface area contributed by atoms with Crippen molar-refractivity contribution in [2.75, 3.05) is 6.54 Å². The number of carbonyl (C=O) groups is 3. The Morgan fingerprint density at radius 1 is 0.766 bits per heavy atom. The van der Waals surface area contributed by atoms with E-state index in [1.807, 2.05) is 48.5 Å². The fraction of sp³-hybridized carbons (Fsp3) is 0.325. The Morgan fingerprint density at radius 3 is 1.77 bits per heavy atom. The lowest BCUT2D eigenvalue weighted by Gasteiger charge is -2.36. The maximum atomic E-state index is 11.4. The van der Waals surface area contributed by atoms with E-state index < -0.39 is 6.10 Å². The van der Waals surface area contributed by atoms with Crippen LogP contribution in [0, 0.1) is 0 Å². The summed E-state index contributed by atoms with van der Waals surface area (Å²) in [5.74, 6) is 0.218. The molecule has 2 aliphatic rings. The molecule has 6 nitrogen and oxygen atoms in total. The Balaban J connectivity index is 0.000000169. The van der Waals surface area contributed by atoms with Crippen molar-refractivity contribution >= 4 is 24.4 Å². The summed E-state index contributed by atoms with van der Waals surface area (Å²) in [5.41, 5.74) is 3.79. The Labute approximate surface area is 279 Å². The number of aliphatic hydroxyl groups excluding tert-OH is 1. The van der Waals surface area contributed by atoms with E-state index in [-0.39, 0.29) is 30.0 Å². The molecule has 7 heteroatoms. The third kappa shape index (κ3) is 9.67. The average Bonchev–Trinajstić information content (AvgIpc) is 3.71. The van der Waals surface area contributed by atoms with Crippen molar-refractivity contribution in [3.8, 4) is 0 Å². The van der Waals surface area contributed by atoms with E-state index >= 15 is 0 Å². The van der Waals surface area contributed by atoms with Gasteiger partial charge in [-0.3, -0.25) is 4.79 Å². The molecule has 0 bridgehead atoms. The summed E-state index contributed by atoms with van der Waals surface area (Å²) >= 11 is 0. The number of fused-ring (bicyclic) bond motifs is 1. The molecule has 0 aromatic heterocycles.